The highest BCUT2D eigenvalue weighted by molar-refractivity contribution is 9.10. The first-order valence-electron chi connectivity index (χ1n) is 5.47. The molecule has 0 amide bonds. The van der Waals surface area contributed by atoms with Crippen molar-refractivity contribution in [2.75, 3.05) is 19.0 Å². The zero-order valence-corrected chi connectivity index (χ0v) is 12.0. The van der Waals surface area contributed by atoms with E-state index in [1.807, 2.05) is 32.0 Å². The molecule has 0 spiro atoms. The third kappa shape index (κ3) is 4.27. The van der Waals surface area contributed by atoms with Crippen molar-refractivity contribution in [1.29, 1.82) is 5.26 Å². The number of rotatable bonds is 5. The molecule has 1 aromatic carbocycles. The summed E-state index contributed by atoms with van der Waals surface area (Å²) >= 11 is 3.44. The molecule has 0 saturated heterocycles. The quantitative estimate of drug-likeness (QED) is 0.899. The first-order chi connectivity index (χ1) is 7.98. The first-order valence-corrected chi connectivity index (χ1v) is 6.26. The fraction of sp³-hybridized carbons (Fsp3) is 0.462. The molecule has 4 heteroatoms. The van der Waals surface area contributed by atoms with Gasteiger partial charge in [-0.1, -0.05) is 0 Å². The van der Waals surface area contributed by atoms with Crippen molar-refractivity contribution in [2.45, 2.75) is 20.3 Å². The number of hydrogen-bond acceptors (Lipinski definition) is 3. The molecule has 0 atom stereocenters. The molecule has 0 fully saturated rings. The van der Waals surface area contributed by atoms with E-state index in [0.717, 1.165) is 28.9 Å². The summed E-state index contributed by atoms with van der Waals surface area (Å²) < 4.78 is 6.08. The van der Waals surface area contributed by atoms with E-state index in [4.69, 9.17) is 10.00 Å². The molecule has 0 aliphatic heterocycles. The largest absolute Gasteiger partial charge is 0.496 e. The number of halogens is 1. The molecule has 92 valence electrons. The van der Waals surface area contributed by atoms with E-state index < -0.39 is 0 Å². The van der Waals surface area contributed by atoms with Gasteiger partial charge < -0.3 is 10.1 Å². The first kappa shape index (κ1) is 13.9. The standard InChI is InChI=1S/C13H17BrN2O/c1-13(2,9-15)6-7-16-10-4-5-12(17-3)11(14)8-10/h4-5,8,16H,6-7H2,1-3H3. The highest BCUT2D eigenvalue weighted by Crippen LogP contribution is 2.28. The van der Waals surface area contributed by atoms with Gasteiger partial charge in [0, 0.05) is 12.2 Å². The second kappa shape index (κ2) is 5.92. The summed E-state index contributed by atoms with van der Waals surface area (Å²) in [5.74, 6) is 0.813. The number of nitrogens with zero attached hydrogens (tertiary/aromatic N) is 1. The molecular weight excluding hydrogens is 280 g/mol. The maximum atomic E-state index is 8.90. The van der Waals surface area contributed by atoms with Crippen molar-refractivity contribution in [3.05, 3.63) is 22.7 Å². The third-order valence-corrected chi connectivity index (χ3v) is 3.15. The molecule has 0 bridgehead atoms. The molecule has 0 heterocycles. The van der Waals surface area contributed by atoms with Gasteiger partial charge in [-0.3, -0.25) is 0 Å². The molecule has 0 aromatic heterocycles. The molecule has 0 unspecified atom stereocenters. The Kier molecular flexibility index (Phi) is 4.83. The van der Waals surface area contributed by atoms with Gasteiger partial charge in [-0.2, -0.15) is 5.26 Å². The van der Waals surface area contributed by atoms with Crippen LogP contribution in [0, 0.1) is 16.7 Å². The van der Waals surface area contributed by atoms with Gasteiger partial charge in [-0.05, 0) is 54.4 Å². The van der Waals surface area contributed by atoms with Crippen LogP contribution in [0.25, 0.3) is 0 Å². The van der Waals surface area contributed by atoms with Crippen molar-refractivity contribution in [3.63, 3.8) is 0 Å². The van der Waals surface area contributed by atoms with Gasteiger partial charge in [0.25, 0.3) is 0 Å². The number of benzene rings is 1. The van der Waals surface area contributed by atoms with E-state index in [1.165, 1.54) is 0 Å². The van der Waals surface area contributed by atoms with E-state index in [1.54, 1.807) is 7.11 Å². The Morgan fingerprint density at radius 1 is 1.47 bits per heavy atom. The van der Waals surface area contributed by atoms with Gasteiger partial charge in [-0.25, -0.2) is 0 Å². The van der Waals surface area contributed by atoms with Gasteiger partial charge in [0.15, 0.2) is 0 Å². The van der Waals surface area contributed by atoms with Crippen LogP contribution in [0.15, 0.2) is 22.7 Å². The highest BCUT2D eigenvalue weighted by atomic mass is 79.9. The number of nitriles is 1. The Balaban J connectivity index is 2.54. The lowest BCUT2D eigenvalue weighted by molar-refractivity contribution is 0.412. The number of hydrogen-bond donors (Lipinski definition) is 1. The minimum Gasteiger partial charge on any atom is -0.496 e. The smallest absolute Gasteiger partial charge is 0.133 e. The summed E-state index contributed by atoms with van der Waals surface area (Å²) in [5.41, 5.74) is 0.739. The molecule has 0 aliphatic carbocycles. The average molecular weight is 297 g/mol. The summed E-state index contributed by atoms with van der Waals surface area (Å²) in [6.07, 6.45) is 0.813. The number of methoxy groups -OCH3 is 1. The second-order valence-corrected chi connectivity index (χ2v) is 5.38. The Hall–Kier alpha value is -1.21. The lowest BCUT2D eigenvalue weighted by Gasteiger charge is -2.16. The van der Waals surface area contributed by atoms with E-state index in [2.05, 4.69) is 27.3 Å². The summed E-state index contributed by atoms with van der Waals surface area (Å²) in [6.45, 7) is 4.66. The van der Waals surface area contributed by atoms with Crippen molar-refractivity contribution in [2.24, 2.45) is 5.41 Å². The van der Waals surface area contributed by atoms with Crippen molar-refractivity contribution in [3.8, 4) is 11.8 Å². The minimum atomic E-state index is -0.281. The Morgan fingerprint density at radius 2 is 2.18 bits per heavy atom. The van der Waals surface area contributed by atoms with Crippen molar-refractivity contribution >= 4 is 21.6 Å². The summed E-state index contributed by atoms with van der Waals surface area (Å²) in [5, 5.41) is 12.2. The van der Waals surface area contributed by atoms with E-state index in [0.29, 0.717) is 0 Å². The lowest BCUT2D eigenvalue weighted by atomic mass is 9.91. The molecule has 0 saturated carbocycles. The lowest BCUT2D eigenvalue weighted by Crippen LogP contribution is -2.14. The zero-order valence-electron chi connectivity index (χ0n) is 10.4. The number of nitrogens with one attached hydrogen (secondary N) is 1. The van der Waals surface area contributed by atoms with Crippen LogP contribution in [0.4, 0.5) is 5.69 Å². The molecule has 0 aliphatic rings. The minimum absolute atomic E-state index is 0.281. The van der Waals surface area contributed by atoms with Gasteiger partial charge in [0.1, 0.15) is 5.75 Å². The average Bonchev–Trinajstić information content (AvgIpc) is 2.29. The van der Waals surface area contributed by atoms with Gasteiger partial charge in [0.05, 0.1) is 23.1 Å². The zero-order chi connectivity index (χ0) is 12.9. The summed E-state index contributed by atoms with van der Waals surface area (Å²) in [4.78, 5) is 0. The van der Waals surface area contributed by atoms with E-state index in [-0.39, 0.29) is 5.41 Å². The Morgan fingerprint density at radius 3 is 2.71 bits per heavy atom. The van der Waals surface area contributed by atoms with Crippen molar-refractivity contribution < 1.29 is 4.74 Å². The Bertz CT molecular complexity index is 424. The summed E-state index contributed by atoms with van der Waals surface area (Å²) in [6, 6.07) is 8.12. The number of ether oxygens (including phenoxy) is 1. The van der Waals surface area contributed by atoms with Crippen LogP contribution in [0.2, 0.25) is 0 Å². The molecular formula is C13H17BrN2O. The van der Waals surface area contributed by atoms with Crippen molar-refractivity contribution in [1.82, 2.24) is 0 Å². The van der Waals surface area contributed by atoms with E-state index in [9.17, 15) is 0 Å². The SMILES string of the molecule is COc1ccc(NCCC(C)(C)C#N)cc1Br. The van der Waals surface area contributed by atoms with Crippen LogP contribution in [0.5, 0.6) is 5.75 Å². The van der Waals surface area contributed by atoms with Crippen LogP contribution in [-0.4, -0.2) is 13.7 Å². The van der Waals surface area contributed by atoms with Gasteiger partial charge in [0.2, 0.25) is 0 Å². The van der Waals surface area contributed by atoms with Crippen LogP contribution in [-0.2, 0) is 0 Å². The maximum Gasteiger partial charge on any atom is 0.133 e. The monoisotopic (exact) mass is 296 g/mol. The molecule has 1 rings (SSSR count). The molecule has 3 nitrogen and oxygen atoms in total. The third-order valence-electron chi connectivity index (χ3n) is 2.53. The predicted octanol–water partition coefficient (Wildman–Crippen LogP) is 3.81. The molecule has 17 heavy (non-hydrogen) atoms. The molecule has 0 radical (unpaired) electrons. The normalized spacial score (nSPS) is 10.8. The second-order valence-electron chi connectivity index (χ2n) is 4.52. The van der Waals surface area contributed by atoms with Gasteiger partial charge in [-0.15, -0.1) is 0 Å². The highest BCUT2D eigenvalue weighted by Gasteiger charge is 2.15. The maximum absolute atomic E-state index is 8.90. The fourth-order valence-corrected chi connectivity index (χ4v) is 1.89. The summed E-state index contributed by atoms with van der Waals surface area (Å²) in [7, 11) is 1.64. The van der Waals surface area contributed by atoms with Gasteiger partial charge >= 0.3 is 0 Å². The topological polar surface area (TPSA) is 45.0 Å². The Labute approximate surface area is 111 Å². The van der Waals surface area contributed by atoms with Crippen LogP contribution < -0.4 is 10.1 Å². The predicted molar refractivity (Wildman–Crippen MR) is 73.2 cm³/mol. The van der Waals surface area contributed by atoms with E-state index >= 15 is 0 Å². The molecule has 1 aromatic rings. The molecule has 1 N–H and O–H groups in total. The van der Waals surface area contributed by atoms with Crippen LogP contribution in [0.1, 0.15) is 20.3 Å². The van der Waals surface area contributed by atoms with Crippen LogP contribution >= 0.6 is 15.9 Å². The van der Waals surface area contributed by atoms with Crippen LogP contribution in [0.3, 0.4) is 0 Å². The number of anilines is 1. The fourth-order valence-electron chi connectivity index (χ4n) is 1.35.